The third kappa shape index (κ3) is 245. The summed E-state index contributed by atoms with van der Waals surface area (Å²) in [5.41, 5.74) is 0. The molecular weight excluding hydrogens is 84.1 g/mol. The van der Waals surface area contributed by atoms with Gasteiger partial charge in [0.1, 0.15) is 0 Å². The van der Waals surface area contributed by atoms with Crippen LogP contribution >= 0.6 is 0 Å². The van der Waals surface area contributed by atoms with E-state index in [1.807, 2.05) is 0 Å². The Bertz CT molecular complexity index is 7.51. The van der Waals surface area contributed by atoms with E-state index in [1.54, 1.807) is 0 Å². The summed E-state index contributed by atoms with van der Waals surface area (Å²) in [5, 5.41) is 0. The normalized spacial score (nSPS) is 3.71. The Kier molecular flexibility index (Phi) is 1100. The highest BCUT2D eigenvalue weighted by Crippen LogP contribution is 1.56. The van der Waals surface area contributed by atoms with E-state index < -0.39 is 0 Å². The fraction of sp³-hybridized carbons (Fsp3) is 0.429. The molecule has 0 saturated carbocycles. The van der Waals surface area contributed by atoms with Crippen LogP contribution in [0.3, 0.4) is 0 Å². The largest absolute Gasteiger partial charge is 0.106 e. The van der Waals surface area contributed by atoms with Gasteiger partial charge in [0.15, 0.2) is 0 Å². The van der Waals surface area contributed by atoms with Crippen molar-refractivity contribution < 1.29 is 0 Å². The molecule has 0 unspecified atom stereocenters. The first kappa shape index (κ1) is 16.1. The van der Waals surface area contributed by atoms with Gasteiger partial charge in [-0.05, 0) is 0 Å². The molecule has 0 amide bonds. The van der Waals surface area contributed by atoms with Crippen LogP contribution in [-0.4, -0.2) is 0 Å². The summed E-state index contributed by atoms with van der Waals surface area (Å²) in [6, 6.07) is 0. The quantitative estimate of drug-likeness (QED) is 0.410. The highest BCUT2D eigenvalue weighted by Gasteiger charge is 1.35. The lowest BCUT2D eigenvalue weighted by Crippen LogP contribution is -1.27. The Morgan fingerprint density at radius 1 is 0.857 bits per heavy atom. The first-order chi connectivity index (χ1) is 3.41. The maximum atomic E-state index is 3.00. The summed E-state index contributed by atoms with van der Waals surface area (Å²) < 4.78 is 0. The average Bonchev–Trinajstić information content (AvgIpc) is 1.78. The Morgan fingerprint density at radius 2 is 0.857 bits per heavy atom. The molecule has 0 aliphatic heterocycles. The van der Waals surface area contributed by atoms with Gasteiger partial charge in [0, 0.05) is 0 Å². The minimum atomic E-state index is 1.25. The molecule has 44 valence electrons. The Morgan fingerprint density at radius 3 is 0.857 bits per heavy atom. The first-order valence-corrected chi connectivity index (χ1v) is 2.41. The van der Waals surface area contributed by atoms with Crippen molar-refractivity contribution in [3.05, 3.63) is 26.3 Å². The minimum absolute atomic E-state index is 1.25. The van der Waals surface area contributed by atoms with Crippen molar-refractivity contribution in [1.82, 2.24) is 0 Å². The third-order valence-corrected chi connectivity index (χ3v) is 0. The fourth-order valence-electron chi connectivity index (χ4n) is 0. The van der Waals surface area contributed by atoms with Crippen molar-refractivity contribution in [2.24, 2.45) is 0 Å². The number of rotatable bonds is 0. The van der Waals surface area contributed by atoms with E-state index in [2.05, 4.69) is 40.2 Å². The second-order valence-corrected chi connectivity index (χ2v) is 0.707. The molecule has 0 aliphatic carbocycles. The van der Waals surface area contributed by atoms with Gasteiger partial charge in [0.2, 0.25) is 0 Å². The van der Waals surface area contributed by atoms with Crippen molar-refractivity contribution in [3.63, 3.8) is 0 Å². The second kappa shape index (κ2) is 477. The molecule has 0 spiro atoms. The van der Waals surface area contributed by atoms with E-state index in [0.29, 0.717) is 0 Å². The SMILES string of the molecule is C=C.C=C.CCC. The molecule has 0 aromatic rings. The molecule has 0 heterocycles. The molecule has 0 atom stereocenters. The zero-order valence-electron chi connectivity index (χ0n) is 5.54. The van der Waals surface area contributed by atoms with Gasteiger partial charge in [-0.1, -0.05) is 20.3 Å². The molecule has 0 radical (unpaired) electrons. The molecule has 0 aromatic heterocycles. The summed E-state index contributed by atoms with van der Waals surface area (Å²) in [5.74, 6) is 0. The zero-order valence-corrected chi connectivity index (χ0v) is 5.54. The molecule has 0 bridgehead atoms. The molecule has 0 aromatic carbocycles. The monoisotopic (exact) mass is 100 g/mol. The maximum absolute atomic E-state index is 3.00. The van der Waals surface area contributed by atoms with Crippen LogP contribution in [0.15, 0.2) is 26.3 Å². The third-order valence-electron chi connectivity index (χ3n) is 0. The van der Waals surface area contributed by atoms with Crippen LogP contribution in [0.2, 0.25) is 0 Å². The van der Waals surface area contributed by atoms with Gasteiger partial charge in [0.05, 0.1) is 0 Å². The van der Waals surface area contributed by atoms with Crippen LogP contribution in [0.1, 0.15) is 20.3 Å². The zero-order chi connectivity index (χ0) is 6.71. The summed E-state index contributed by atoms with van der Waals surface area (Å²) >= 11 is 0. The lowest BCUT2D eigenvalue weighted by Gasteiger charge is -1.48. The van der Waals surface area contributed by atoms with Crippen molar-refractivity contribution in [2.45, 2.75) is 20.3 Å². The maximum Gasteiger partial charge on any atom is -0.0590 e. The molecular formula is C7H16. The number of hydrogen-bond acceptors (Lipinski definition) is 0. The van der Waals surface area contributed by atoms with Crippen LogP contribution < -0.4 is 0 Å². The summed E-state index contributed by atoms with van der Waals surface area (Å²) in [6.45, 7) is 16.2. The van der Waals surface area contributed by atoms with Crippen LogP contribution in [0.25, 0.3) is 0 Å². The Hall–Kier alpha value is -0.520. The highest BCUT2D eigenvalue weighted by molar-refractivity contribution is 4.22. The van der Waals surface area contributed by atoms with Crippen LogP contribution in [0, 0.1) is 0 Å². The molecule has 0 nitrogen and oxygen atoms in total. The lowest BCUT2D eigenvalue weighted by atomic mass is 10.6. The lowest BCUT2D eigenvalue weighted by molar-refractivity contribution is 1.09. The Labute approximate surface area is 47.6 Å². The van der Waals surface area contributed by atoms with Gasteiger partial charge >= 0.3 is 0 Å². The molecule has 0 heteroatoms. The van der Waals surface area contributed by atoms with Crippen LogP contribution in [0.5, 0.6) is 0 Å². The second-order valence-electron chi connectivity index (χ2n) is 0.707. The number of hydrogen-bond donors (Lipinski definition) is 0. The van der Waals surface area contributed by atoms with Crippen molar-refractivity contribution in [3.8, 4) is 0 Å². The predicted molar refractivity (Wildman–Crippen MR) is 38.5 cm³/mol. The highest BCUT2D eigenvalue weighted by atomic mass is 13.4. The van der Waals surface area contributed by atoms with Crippen molar-refractivity contribution in [2.75, 3.05) is 0 Å². The van der Waals surface area contributed by atoms with Gasteiger partial charge in [-0.2, -0.15) is 0 Å². The Balaban J connectivity index is -0.0000000360. The van der Waals surface area contributed by atoms with Gasteiger partial charge < -0.3 is 0 Å². The van der Waals surface area contributed by atoms with E-state index >= 15 is 0 Å². The average molecular weight is 100 g/mol. The minimum Gasteiger partial charge on any atom is -0.106 e. The molecule has 0 rings (SSSR count). The van der Waals surface area contributed by atoms with Gasteiger partial charge in [-0.3, -0.25) is 0 Å². The molecule has 0 N–H and O–H groups in total. The van der Waals surface area contributed by atoms with E-state index in [1.165, 1.54) is 6.42 Å². The summed E-state index contributed by atoms with van der Waals surface area (Å²) in [6.07, 6.45) is 1.25. The van der Waals surface area contributed by atoms with E-state index in [9.17, 15) is 0 Å². The smallest absolute Gasteiger partial charge is 0.0590 e. The van der Waals surface area contributed by atoms with E-state index in [-0.39, 0.29) is 0 Å². The van der Waals surface area contributed by atoms with E-state index in [4.69, 9.17) is 0 Å². The topological polar surface area (TPSA) is 0 Å². The molecule has 0 aliphatic rings. The molecule has 7 heavy (non-hydrogen) atoms. The van der Waals surface area contributed by atoms with E-state index in [0.717, 1.165) is 0 Å². The van der Waals surface area contributed by atoms with Crippen LogP contribution in [-0.2, 0) is 0 Å². The van der Waals surface area contributed by atoms with Crippen LogP contribution in [0.4, 0.5) is 0 Å². The first-order valence-electron chi connectivity index (χ1n) is 2.41. The molecule has 0 fully saturated rings. The summed E-state index contributed by atoms with van der Waals surface area (Å²) in [7, 11) is 0. The van der Waals surface area contributed by atoms with Gasteiger partial charge in [-0.25, -0.2) is 0 Å². The predicted octanol–water partition coefficient (Wildman–Crippen LogP) is 3.02. The van der Waals surface area contributed by atoms with Crippen molar-refractivity contribution >= 4 is 0 Å². The van der Waals surface area contributed by atoms with Crippen molar-refractivity contribution in [1.29, 1.82) is 0 Å². The molecule has 0 saturated heterocycles. The summed E-state index contributed by atoms with van der Waals surface area (Å²) in [4.78, 5) is 0. The fourth-order valence-corrected chi connectivity index (χ4v) is 0. The standard InChI is InChI=1S/C3H8.2C2H4/c1-3-2;2*1-2/h3H2,1-2H3;2*1-2H2. The van der Waals surface area contributed by atoms with Gasteiger partial charge in [-0.15, -0.1) is 26.3 Å². The van der Waals surface area contributed by atoms with Gasteiger partial charge in [0.25, 0.3) is 0 Å².